The monoisotopic (exact) mass is 354 g/mol. The van der Waals surface area contributed by atoms with Crippen molar-refractivity contribution in [1.82, 2.24) is 9.97 Å². The molecular formula is C12H8BrClN4S. The van der Waals surface area contributed by atoms with Crippen LogP contribution in [0.3, 0.4) is 0 Å². The number of hydrogen-bond donors (Lipinski definition) is 0. The lowest BCUT2D eigenvalue weighted by atomic mass is 10.1. The van der Waals surface area contributed by atoms with Crippen molar-refractivity contribution in [1.29, 1.82) is 5.26 Å². The van der Waals surface area contributed by atoms with Crippen LogP contribution in [-0.2, 0) is 13.0 Å². The fourth-order valence-corrected chi connectivity index (χ4v) is 4.07. The van der Waals surface area contributed by atoms with Gasteiger partial charge in [0.25, 0.3) is 0 Å². The third-order valence-electron chi connectivity index (χ3n) is 2.96. The van der Waals surface area contributed by atoms with Crippen LogP contribution in [-0.4, -0.2) is 16.5 Å². The van der Waals surface area contributed by atoms with Crippen LogP contribution in [0.5, 0.6) is 0 Å². The van der Waals surface area contributed by atoms with Crippen molar-refractivity contribution in [3.8, 4) is 6.07 Å². The smallest absolute Gasteiger partial charge is 0.234 e. The van der Waals surface area contributed by atoms with Gasteiger partial charge in [0.2, 0.25) is 5.82 Å². The van der Waals surface area contributed by atoms with E-state index in [1.165, 1.54) is 16.6 Å². The van der Waals surface area contributed by atoms with Crippen molar-refractivity contribution in [2.75, 3.05) is 11.4 Å². The highest BCUT2D eigenvalue weighted by Gasteiger charge is 2.22. The van der Waals surface area contributed by atoms with Gasteiger partial charge in [0, 0.05) is 18.0 Å². The Morgan fingerprint density at radius 2 is 2.37 bits per heavy atom. The number of aromatic nitrogens is 2. The molecule has 0 bridgehead atoms. The molecule has 7 heteroatoms. The number of fused-ring (bicyclic) bond motifs is 1. The van der Waals surface area contributed by atoms with E-state index >= 15 is 0 Å². The molecule has 19 heavy (non-hydrogen) atoms. The normalized spacial score (nSPS) is 14.1. The van der Waals surface area contributed by atoms with Crippen molar-refractivity contribution < 1.29 is 0 Å². The van der Waals surface area contributed by atoms with Crippen LogP contribution in [0, 0.1) is 11.3 Å². The van der Waals surface area contributed by atoms with Gasteiger partial charge in [0.15, 0.2) is 5.82 Å². The Labute approximate surface area is 127 Å². The maximum atomic E-state index is 8.87. The van der Waals surface area contributed by atoms with Crippen LogP contribution in [0.4, 0.5) is 5.82 Å². The molecule has 2 aromatic rings. The predicted octanol–water partition coefficient (Wildman–Crippen LogP) is 3.39. The molecule has 0 saturated carbocycles. The third kappa shape index (κ3) is 2.46. The zero-order valence-electron chi connectivity index (χ0n) is 9.73. The minimum atomic E-state index is 0.150. The zero-order valence-corrected chi connectivity index (χ0v) is 12.9. The number of anilines is 1. The summed E-state index contributed by atoms with van der Waals surface area (Å²) in [4.78, 5) is 11.6. The van der Waals surface area contributed by atoms with Crippen LogP contribution in [0.2, 0.25) is 5.02 Å². The van der Waals surface area contributed by atoms with E-state index in [0.29, 0.717) is 10.8 Å². The van der Waals surface area contributed by atoms with Crippen LogP contribution in [0.25, 0.3) is 0 Å². The van der Waals surface area contributed by atoms with Crippen LogP contribution < -0.4 is 4.90 Å². The number of nitriles is 1. The van der Waals surface area contributed by atoms with Crippen molar-refractivity contribution in [2.45, 2.75) is 13.0 Å². The van der Waals surface area contributed by atoms with Gasteiger partial charge in [0.1, 0.15) is 11.1 Å². The summed E-state index contributed by atoms with van der Waals surface area (Å²) in [5.41, 5.74) is 1.29. The first-order chi connectivity index (χ1) is 9.17. The molecule has 1 aliphatic rings. The van der Waals surface area contributed by atoms with E-state index in [2.05, 4.69) is 36.9 Å². The number of thiophene rings is 1. The Hall–Kier alpha value is -1.16. The fourth-order valence-electron chi connectivity index (χ4n) is 2.11. The second-order valence-electron chi connectivity index (χ2n) is 4.15. The summed E-state index contributed by atoms with van der Waals surface area (Å²) >= 11 is 11.4. The fraction of sp³-hybridized carbons (Fsp3) is 0.250. The quantitative estimate of drug-likeness (QED) is 0.787. The molecule has 0 amide bonds. The lowest BCUT2D eigenvalue weighted by molar-refractivity contribution is 0.729. The molecule has 96 valence electrons. The molecule has 1 aliphatic heterocycles. The number of rotatable bonds is 1. The predicted molar refractivity (Wildman–Crippen MR) is 78.5 cm³/mol. The maximum Gasteiger partial charge on any atom is 0.234 e. The highest BCUT2D eigenvalue weighted by atomic mass is 79.9. The van der Waals surface area contributed by atoms with Gasteiger partial charge < -0.3 is 4.90 Å². The van der Waals surface area contributed by atoms with Crippen molar-refractivity contribution in [3.63, 3.8) is 0 Å². The van der Waals surface area contributed by atoms with Gasteiger partial charge >= 0.3 is 0 Å². The molecule has 0 aliphatic carbocycles. The largest absolute Gasteiger partial charge is 0.351 e. The molecule has 4 nitrogen and oxygen atoms in total. The first-order valence-electron chi connectivity index (χ1n) is 5.62. The van der Waals surface area contributed by atoms with Gasteiger partial charge in [-0.1, -0.05) is 11.6 Å². The van der Waals surface area contributed by atoms with Gasteiger partial charge in [-0.15, -0.1) is 11.3 Å². The van der Waals surface area contributed by atoms with Gasteiger partial charge in [-0.05, 0) is 34.0 Å². The summed E-state index contributed by atoms with van der Waals surface area (Å²) in [7, 11) is 0. The Morgan fingerprint density at radius 3 is 3.16 bits per heavy atom. The standard InChI is InChI=1S/C12H8BrClN4S/c13-10-3-7-6-18(2-1-9(7)19-10)12-8(14)5-16-11(4-15)17-12/h3,5H,1-2,6H2. The highest BCUT2D eigenvalue weighted by molar-refractivity contribution is 9.11. The SMILES string of the molecule is N#Cc1ncc(Cl)c(N2CCc3sc(Br)cc3C2)n1. The summed E-state index contributed by atoms with van der Waals surface area (Å²) in [6.45, 7) is 1.61. The van der Waals surface area contributed by atoms with E-state index < -0.39 is 0 Å². The van der Waals surface area contributed by atoms with Crippen molar-refractivity contribution in [2.24, 2.45) is 0 Å². The molecule has 0 saturated heterocycles. The molecule has 0 aromatic carbocycles. The van der Waals surface area contributed by atoms with E-state index in [0.717, 1.165) is 23.3 Å². The average molecular weight is 356 g/mol. The average Bonchev–Trinajstić information content (AvgIpc) is 2.78. The lowest BCUT2D eigenvalue weighted by Crippen LogP contribution is -2.30. The second-order valence-corrected chi connectivity index (χ2v) is 7.07. The van der Waals surface area contributed by atoms with E-state index in [4.69, 9.17) is 16.9 Å². The number of halogens is 2. The Balaban J connectivity index is 1.95. The number of nitrogens with zero attached hydrogens (tertiary/aromatic N) is 4. The van der Waals surface area contributed by atoms with Gasteiger partial charge in [0.05, 0.1) is 9.98 Å². The summed E-state index contributed by atoms with van der Waals surface area (Å²) in [6.07, 6.45) is 2.45. The van der Waals surface area contributed by atoms with Gasteiger partial charge in [-0.25, -0.2) is 9.97 Å². The number of hydrogen-bond acceptors (Lipinski definition) is 5. The lowest BCUT2D eigenvalue weighted by Gasteiger charge is -2.28. The second kappa shape index (κ2) is 5.08. The summed E-state index contributed by atoms with van der Waals surface area (Å²) in [5, 5.41) is 9.35. The van der Waals surface area contributed by atoms with Crippen LogP contribution in [0.1, 0.15) is 16.3 Å². The summed E-state index contributed by atoms with van der Waals surface area (Å²) in [5.74, 6) is 0.790. The Kier molecular flexibility index (Phi) is 3.44. The molecular weight excluding hydrogens is 348 g/mol. The van der Waals surface area contributed by atoms with Gasteiger partial charge in [-0.3, -0.25) is 0 Å². The van der Waals surface area contributed by atoms with E-state index in [-0.39, 0.29) is 5.82 Å². The Bertz CT molecular complexity index is 679. The van der Waals surface area contributed by atoms with E-state index in [9.17, 15) is 0 Å². The van der Waals surface area contributed by atoms with Crippen LogP contribution in [0.15, 0.2) is 16.0 Å². The minimum Gasteiger partial charge on any atom is -0.351 e. The summed E-state index contributed by atoms with van der Waals surface area (Å²) in [6, 6.07) is 4.08. The minimum absolute atomic E-state index is 0.150. The van der Waals surface area contributed by atoms with Crippen molar-refractivity contribution >= 4 is 44.7 Å². The molecule has 0 atom stereocenters. The molecule has 2 aromatic heterocycles. The first-order valence-corrected chi connectivity index (χ1v) is 7.61. The zero-order chi connectivity index (χ0) is 13.4. The molecule has 0 fully saturated rings. The maximum absolute atomic E-state index is 8.87. The van der Waals surface area contributed by atoms with E-state index in [1.807, 2.05) is 6.07 Å². The molecule has 3 heterocycles. The summed E-state index contributed by atoms with van der Waals surface area (Å²) < 4.78 is 1.14. The third-order valence-corrected chi connectivity index (χ3v) is 4.97. The topological polar surface area (TPSA) is 52.8 Å². The Morgan fingerprint density at radius 1 is 1.53 bits per heavy atom. The first kappa shape index (κ1) is 12.9. The molecule has 0 unspecified atom stereocenters. The van der Waals surface area contributed by atoms with Crippen molar-refractivity contribution in [3.05, 3.63) is 37.3 Å². The molecule has 3 rings (SSSR count). The molecule has 0 N–H and O–H groups in total. The van der Waals surface area contributed by atoms with Gasteiger partial charge in [-0.2, -0.15) is 5.26 Å². The highest BCUT2D eigenvalue weighted by Crippen LogP contribution is 2.34. The van der Waals surface area contributed by atoms with Crippen LogP contribution >= 0.6 is 38.9 Å². The molecule has 0 radical (unpaired) electrons. The van der Waals surface area contributed by atoms with E-state index in [1.54, 1.807) is 11.3 Å². The molecule has 0 spiro atoms.